The topological polar surface area (TPSA) is 58.6 Å². The Morgan fingerprint density at radius 3 is 2.31 bits per heavy atom. The molecular formula is C27H38N2O3. The van der Waals surface area contributed by atoms with E-state index in [1.165, 1.54) is 5.56 Å². The molecule has 0 saturated heterocycles. The van der Waals surface area contributed by atoms with Crippen LogP contribution in [0, 0.1) is 6.92 Å². The lowest BCUT2D eigenvalue weighted by molar-refractivity contribution is -0.143. The quantitative estimate of drug-likeness (QED) is 0.568. The van der Waals surface area contributed by atoms with Crippen molar-refractivity contribution < 1.29 is 14.3 Å². The molecular weight excluding hydrogens is 400 g/mol. The van der Waals surface area contributed by atoms with Crippen molar-refractivity contribution in [2.75, 3.05) is 13.2 Å². The normalized spacial score (nSPS) is 12.2. The van der Waals surface area contributed by atoms with Crippen molar-refractivity contribution >= 4 is 11.8 Å². The van der Waals surface area contributed by atoms with Gasteiger partial charge in [0.15, 0.2) is 6.61 Å². The molecule has 0 aliphatic rings. The van der Waals surface area contributed by atoms with Crippen molar-refractivity contribution in [2.24, 2.45) is 0 Å². The Balaban J connectivity index is 2.17. The summed E-state index contributed by atoms with van der Waals surface area (Å²) in [5, 5.41) is 2.94. The predicted molar refractivity (Wildman–Crippen MR) is 130 cm³/mol. The number of rotatable bonds is 10. The highest BCUT2D eigenvalue weighted by atomic mass is 16.5. The van der Waals surface area contributed by atoms with Crippen LogP contribution >= 0.6 is 0 Å². The molecule has 0 spiro atoms. The third-order valence-electron chi connectivity index (χ3n) is 5.45. The summed E-state index contributed by atoms with van der Waals surface area (Å²) in [5.74, 6) is 0.320. The largest absolute Gasteiger partial charge is 0.484 e. The van der Waals surface area contributed by atoms with Crippen molar-refractivity contribution in [1.82, 2.24) is 10.2 Å². The minimum Gasteiger partial charge on any atom is -0.484 e. The molecule has 2 aromatic carbocycles. The summed E-state index contributed by atoms with van der Waals surface area (Å²) in [6.07, 6.45) is 1.38. The Labute approximate surface area is 193 Å². The summed E-state index contributed by atoms with van der Waals surface area (Å²) in [6, 6.07) is 15.3. The molecule has 0 aliphatic carbocycles. The van der Waals surface area contributed by atoms with E-state index in [4.69, 9.17) is 4.74 Å². The van der Waals surface area contributed by atoms with Crippen LogP contribution in [0.1, 0.15) is 64.2 Å². The van der Waals surface area contributed by atoms with Gasteiger partial charge in [0.2, 0.25) is 5.91 Å². The predicted octanol–water partition coefficient (Wildman–Crippen LogP) is 5.00. The highest BCUT2D eigenvalue weighted by Gasteiger charge is 2.28. The smallest absolute Gasteiger partial charge is 0.261 e. The molecule has 2 amide bonds. The second-order valence-electron chi connectivity index (χ2n) is 9.29. The fraction of sp³-hybridized carbons (Fsp3) is 0.481. The molecule has 0 aromatic heterocycles. The number of amides is 2. The van der Waals surface area contributed by atoms with Crippen LogP contribution in [-0.2, 0) is 21.5 Å². The van der Waals surface area contributed by atoms with Gasteiger partial charge in [0.05, 0.1) is 0 Å². The molecule has 5 nitrogen and oxygen atoms in total. The van der Waals surface area contributed by atoms with Gasteiger partial charge in [-0.1, -0.05) is 76.6 Å². The lowest BCUT2D eigenvalue weighted by Crippen LogP contribution is -2.50. The van der Waals surface area contributed by atoms with Gasteiger partial charge in [-0.25, -0.2) is 0 Å². The third-order valence-corrected chi connectivity index (χ3v) is 5.45. The van der Waals surface area contributed by atoms with Gasteiger partial charge in [-0.15, -0.1) is 0 Å². The maximum absolute atomic E-state index is 13.2. The SMILES string of the molecule is CCCNC(=O)[C@@H](CC)N(Cc1cccc(C)c1)C(=O)COc1ccc(C(C)(C)C)cc1. The monoisotopic (exact) mass is 438 g/mol. The van der Waals surface area contributed by atoms with Crippen LogP contribution in [0.3, 0.4) is 0 Å². The highest BCUT2D eigenvalue weighted by Crippen LogP contribution is 2.24. The summed E-state index contributed by atoms with van der Waals surface area (Å²) in [5.41, 5.74) is 3.37. The Morgan fingerprint density at radius 1 is 1.06 bits per heavy atom. The first-order valence-electron chi connectivity index (χ1n) is 11.5. The van der Waals surface area contributed by atoms with Crippen LogP contribution in [-0.4, -0.2) is 35.9 Å². The number of nitrogens with zero attached hydrogens (tertiary/aromatic N) is 1. The second-order valence-corrected chi connectivity index (χ2v) is 9.29. The van der Waals surface area contributed by atoms with E-state index in [1.807, 2.05) is 69.3 Å². The Kier molecular flexibility index (Phi) is 9.30. The minimum absolute atomic E-state index is 0.0547. The number of aryl methyl sites for hydroxylation is 1. The van der Waals surface area contributed by atoms with Gasteiger partial charge in [-0.3, -0.25) is 9.59 Å². The van der Waals surface area contributed by atoms with Gasteiger partial charge >= 0.3 is 0 Å². The molecule has 0 unspecified atom stereocenters. The first-order chi connectivity index (χ1) is 15.2. The van der Waals surface area contributed by atoms with E-state index in [9.17, 15) is 9.59 Å². The van der Waals surface area contributed by atoms with Crippen LogP contribution in [0.2, 0.25) is 0 Å². The molecule has 2 aromatic rings. The average molecular weight is 439 g/mol. The zero-order valence-corrected chi connectivity index (χ0v) is 20.4. The van der Waals surface area contributed by atoms with Crippen LogP contribution in [0.25, 0.3) is 0 Å². The van der Waals surface area contributed by atoms with Gasteiger partial charge in [0.1, 0.15) is 11.8 Å². The maximum Gasteiger partial charge on any atom is 0.261 e. The number of carbonyl (C=O) groups is 2. The molecule has 0 saturated carbocycles. The zero-order valence-electron chi connectivity index (χ0n) is 20.4. The summed E-state index contributed by atoms with van der Waals surface area (Å²) in [7, 11) is 0. The van der Waals surface area contributed by atoms with E-state index in [1.54, 1.807) is 4.90 Å². The Morgan fingerprint density at radius 2 is 1.75 bits per heavy atom. The number of carbonyl (C=O) groups excluding carboxylic acids is 2. The van der Waals surface area contributed by atoms with Gasteiger partial charge in [0, 0.05) is 13.1 Å². The van der Waals surface area contributed by atoms with E-state index < -0.39 is 6.04 Å². The number of benzene rings is 2. The molecule has 2 rings (SSSR count). The van der Waals surface area contributed by atoms with Gasteiger partial charge in [-0.05, 0) is 48.4 Å². The first-order valence-corrected chi connectivity index (χ1v) is 11.5. The summed E-state index contributed by atoms with van der Waals surface area (Å²) >= 11 is 0. The lowest BCUT2D eigenvalue weighted by atomic mass is 9.87. The molecule has 0 fully saturated rings. The zero-order chi connectivity index (χ0) is 23.7. The fourth-order valence-electron chi connectivity index (χ4n) is 3.57. The number of hydrogen-bond acceptors (Lipinski definition) is 3. The summed E-state index contributed by atoms with van der Waals surface area (Å²) in [4.78, 5) is 27.7. The fourth-order valence-corrected chi connectivity index (χ4v) is 3.57. The van der Waals surface area contributed by atoms with Crippen molar-refractivity contribution in [1.29, 1.82) is 0 Å². The Hall–Kier alpha value is -2.82. The molecule has 5 heteroatoms. The minimum atomic E-state index is -0.540. The van der Waals surface area contributed by atoms with Gasteiger partial charge < -0.3 is 15.0 Å². The number of ether oxygens (including phenoxy) is 1. The lowest BCUT2D eigenvalue weighted by Gasteiger charge is -2.30. The molecule has 32 heavy (non-hydrogen) atoms. The van der Waals surface area contributed by atoms with Crippen LogP contribution in [0.15, 0.2) is 48.5 Å². The van der Waals surface area contributed by atoms with E-state index in [0.29, 0.717) is 25.3 Å². The van der Waals surface area contributed by atoms with Crippen molar-refractivity contribution in [3.8, 4) is 5.75 Å². The van der Waals surface area contributed by atoms with E-state index >= 15 is 0 Å². The van der Waals surface area contributed by atoms with Gasteiger partial charge in [-0.2, -0.15) is 0 Å². The second kappa shape index (κ2) is 11.7. The van der Waals surface area contributed by atoms with E-state index in [2.05, 4.69) is 26.1 Å². The van der Waals surface area contributed by atoms with Crippen LogP contribution < -0.4 is 10.1 Å². The molecule has 0 heterocycles. The van der Waals surface area contributed by atoms with E-state index in [-0.39, 0.29) is 23.8 Å². The molecule has 0 aliphatic heterocycles. The van der Waals surface area contributed by atoms with Crippen LogP contribution in [0.5, 0.6) is 5.75 Å². The summed E-state index contributed by atoms with van der Waals surface area (Å²) < 4.78 is 5.81. The molecule has 1 N–H and O–H groups in total. The molecule has 0 radical (unpaired) electrons. The average Bonchev–Trinajstić information content (AvgIpc) is 2.75. The number of hydrogen-bond donors (Lipinski definition) is 1. The van der Waals surface area contributed by atoms with Crippen molar-refractivity contribution in [3.63, 3.8) is 0 Å². The number of nitrogens with one attached hydrogen (secondary N) is 1. The van der Waals surface area contributed by atoms with E-state index in [0.717, 1.165) is 17.5 Å². The van der Waals surface area contributed by atoms with Crippen molar-refractivity contribution in [3.05, 3.63) is 65.2 Å². The Bertz CT molecular complexity index is 885. The molecule has 1 atom stereocenters. The summed E-state index contributed by atoms with van der Waals surface area (Å²) in [6.45, 7) is 13.3. The third kappa shape index (κ3) is 7.40. The molecule has 174 valence electrons. The first kappa shape index (κ1) is 25.4. The standard InChI is InChI=1S/C27H38N2O3/c1-7-16-28-26(31)24(8-2)29(18-21-11-9-10-20(3)17-21)25(30)19-32-23-14-12-22(13-15-23)27(4,5)6/h9-15,17,24H,7-8,16,18-19H2,1-6H3,(H,28,31)/t24-/m1/s1. The van der Waals surface area contributed by atoms with Gasteiger partial charge in [0.25, 0.3) is 5.91 Å². The van der Waals surface area contributed by atoms with Crippen LogP contribution in [0.4, 0.5) is 0 Å². The molecule has 0 bridgehead atoms. The maximum atomic E-state index is 13.2. The van der Waals surface area contributed by atoms with Crippen molar-refractivity contribution in [2.45, 2.75) is 72.4 Å². The highest BCUT2D eigenvalue weighted by molar-refractivity contribution is 5.88.